The molecule has 1 amide bonds. The monoisotopic (exact) mass is 426 g/mol. The molecule has 0 saturated carbocycles. The van der Waals surface area contributed by atoms with Gasteiger partial charge in [-0.2, -0.15) is 0 Å². The maximum absolute atomic E-state index is 11.9. The van der Waals surface area contributed by atoms with Crippen molar-refractivity contribution >= 4 is 34.2 Å². The Hall–Kier alpha value is -4.21. The summed E-state index contributed by atoms with van der Waals surface area (Å²) in [6.45, 7) is 2.30. The van der Waals surface area contributed by atoms with E-state index >= 15 is 0 Å². The predicted octanol–water partition coefficient (Wildman–Crippen LogP) is 2.88. The Morgan fingerprint density at radius 2 is 1.84 bits per heavy atom. The van der Waals surface area contributed by atoms with E-state index in [1.807, 2.05) is 0 Å². The quantitative estimate of drug-likeness (QED) is 0.263. The molecule has 160 valence electrons. The fraction of sp³-hybridized carbons (Fsp3) is 0.190. The predicted molar refractivity (Wildman–Crippen MR) is 110 cm³/mol. The highest BCUT2D eigenvalue weighted by atomic mass is 16.6. The number of benzene rings is 2. The third-order valence-electron chi connectivity index (χ3n) is 4.33. The number of carbonyl (C=O) groups excluding carboxylic acids is 2. The minimum absolute atomic E-state index is 0.135. The lowest BCUT2D eigenvalue weighted by Crippen LogP contribution is -2.23. The summed E-state index contributed by atoms with van der Waals surface area (Å²) in [6, 6.07) is 10.4. The van der Waals surface area contributed by atoms with Gasteiger partial charge >= 0.3 is 11.6 Å². The van der Waals surface area contributed by atoms with Crippen molar-refractivity contribution in [2.75, 3.05) is 18.5 Å². The molecule has 0 aliphatic rings. The van der Waals surface area contributed by atoms with Crippen molar-refractivity contribution in [3.05, 3.63) is 74.1 Å². The van der Waals surface area contributed by atoms with Gasteiger partial charge in [-0.25, -0.2) is 9.59 Å². The number of anilines is 1. The van der Waals surface area contributed by atoms with E-state index in [2.05, 4.69) is 5.32 Å². The first kappa shape index (κ1) is 21.5. The second-order valence-corrected chi connectivity index (χ2v) is 6.66. The minimum atomic E-state index is -0.796. The lowest BCUT2D eigenvalue weighted by molar-refractivity contribution is -0.385. The topological polar surface area (TPSA) is 138 Å². The van der Waals surface area contributed by atoms with E-state index in [0.717, 1.165) is 10.9 Å². The molecule has 0 atom stereocenters. The molecule has 0 bridgehead atoms. The number of fused-ring (bicyclic) bond motifs is 1. The van der Waals surface area contributed by atoms with Gasteiger partial charge in [-0.3, -0.25) is 14.9 Å². The zero-order valence-corrected chi connectivity index (χ0v) is 16.7. The summed E-state index contributed by atoms with van der Waals surface area (Å²) in [7, 11) is 0. The first-order valence-electron chi connectivity index (χ1n) is 9.11. The summed E-state index contributed by atoms with van der Waals surface area (Å²) >= 11 is 0. The van der Waals surface area contributed by atoms with Crippen LogP contribution in [0.2, 0.25) is 0 Å². The summed E-state index contributed by atoms with van der Waals surface area (Å²) in [4.78, 5) is 45.7. The number of nitrogens with one attached hydrogen (secondary N) is 1. The highest BCUT2D eigenvalue weighted by Crippen LogP contribution is 2.23. The van der Waals surface area contributed by atoms with E-state index in [1.54, 1.807) is 26.0 Å². The Bertz CT molecular complexity index is 1230. The van der Waals surface area contributed by atoms with Crippen LogP contribution in [0.3, 0.4) is 0 Å². The molecule has 0 unspecified atom stereocenters. The molecule has 0 saturated heterocycles. The van der Waals surface area contributed by atoms with Gasteiger partial charge in [0.25, 0.3) is 11.6 Å². The molecule has 1 aromatic heterocycles. The van der Waals surface area contributed by atoms with Gasteiger partial charge in [0.2, 0.25) is 0 Å². The molecular weight excluding hydrogens is 408 g/mol. The third-order valence-corrected chi connectivity index (χ3v) is 4.33. The van der Waals surface area contributed by atoms with E-state index in [4.69, 9.17) is 13.9 Å². The largest absolute Gasteiger partial charge is 0.482 e. The van der Waals surface area contributed by atoms with Gasteiger partial charge in [0.15, 0.2) is 13.2 Å². The molecule has 2 aromatic carbocycles. The minimum Gasteiger partial charge on any atom is -0.482 e. The maximum Gasteiger partial charge on any atom is 0.344 e. The lowest BCUT2D eigenvalue weighted by atomic mass is 10.1. The molecule has 0 fully saturated rings. The van der Waals surface area contributed by atoms with E-state index in [-0.39, 0.29) is 17.1 Å². The van der Waals surface area contributed by atoms with Crippen molar-refractivity contribution in [1.82, 2.24) is 0 Å². The number of ether oxygens (including phenoxy) is 2. The fourth-order valence-corrected chi connectivity index (χ4v) is 2.81. The van der Waals surface area contributed by atoms with E-state index in [9.17, 15) is 24.5 Å². The molecule has 3 rings (SSSR count). The van der Waals surface area contributed by atoms with E-state index < -0.39 is 35.6 Å². The summed E-state index contributed by atoms with van der Waals surface area (Å²) in [5, 5.41) is 14.1. The van der Waals surface area contributed by atoms with Gasteiger partial charge < -0.3 is 19.2 Å². The Morgan fingerprint density at radius 1 is 1.06 bits per heavy atom. The van der Waals surface area contributed by atoms with Crippen LogP contribution in [-0.2, 0) is 14.3 Å². The summed E-state index contributed by atoms with van der Waals surface area (Å²) in [5.41, 5.74) is 1.11. The molecular formula is C21H18N2O8. The summed E-state index contributed by atoms with van der Waals surface area (Å²) in [6.07, 6.45) is 0. The zero-order valence-electron chi connectivity index (χ0n) is 16.7. The van der Waals surface area contributed by atoms with Crippen LogP contribution in [0.15, 0.2) is 51.7 Å². The van der Waals surface area contributed by atoms with Gasteiger partial charge in [0, 0.05) is 34.8 Å². The molecule has 0 spiro atoms. The number of nitrogens with zero attached hydrogens (tertiary/aromatic N) is 1. The van der Waals surface area contributed by atoms with Gasteiger partial charge in [0.05, 0.1) is 4.92 Å². The Labute approximate surface area is 175 Å². The molecule has 1 N–H and O–H groups in total. The Morgan fingerprint density at radius 3 is 2.58 bits per heavy atom. The number of aryl methyl sites for hydroxylation is 2. The zero-order chi connectivity index (χ0) is 22.5. The molecule has 3 aromatic rings. The second-order valence-electron chi connectivity index (χ2n) is 6.66. The van der Waals surface area contributed by atoms with Crippen molar-refractivity contribution in [3.63, 3.8) is 0 Å². The highest BCUT2D eigenvalue weighted by molar-refractivity contribution is 5.93. The van der Waals surface area contributed by atoms with Crippen LogP contribution in [0.1, 0.15) is 11.1 Å². The number of hydrogen-bond acceptors (Lipinski definition) is 8. The SMILES string of the molecule is Cc1ccc(NC(=O)COC(=O)COc2ccc3c(C)cc(=O)oc3c2)cc1[N+](=O)[O-]. The van der Waals surface area contributed by atoms with Crippen molar-refractivity contribution in [2.45, 2.75) is 13.8 Å². The summed E-state index contributed by atoms with van der Waals surface area (Å²) in [5.74, 6) is -1.17. The number of rotatable bonds is 7. The van der Waals surface area contributed by atoms with Crippen molar-refractivity contribution in [1.29, 1.82) is 0 Å². The number of carbonyl (C=O) groups is 2. The average Bonchev–Trinajstić information content (AvgIpc) is 2.71. The van der Waals surface area contributed by atoms with Gasteiger partial charge in [-0.15, -0.1) is 0 Å². The lowest BCUT2D eigenvalue weighted by Gasteiger charge is -2.09. The second kappa shape index (κ2) is 9.08. The van der Waals surface area contributed by atoms with Gasteiger partial charge in [-0.05, 0) is 37.6 Å². The Balaban J connectivity index is 1.52. The molecule has 10 nitrogen and oxygen atoms in total. The number of esters is 1. The standard InChI is InChI=1S/C21H18N2O8/c1-12-3-4-14(8-17(12)23(27)28)22-19(24)10-30-21(26)11-29-15-5-6-16-13(2)7-20(25)31-18(16)9-15/h3-9H,10-11H2,1-2H3,(H,22,24). The molecule has 10 heteroatoms. The van der Waals surface area contributed by atoms with Crippen molar-refractivity contribution < 1.29 is 28.4 Å². The molecule has 1 heterocycles. The number of amides is 1. The highest BCUT2D eigenvalue weighted by Gasteiger charge is 2.14. The van der Waals surface area contributed by atoms with Crippen LogP contribution in [0.4, 0.5) is 11.4 Å². The number of nitro groups is 1. The van der Waals surface area contributed by atoms with Gasteiger partial charge in [0.1, 0.15) is 11.3 Å². The molecule has 0 aliphatic carbocycles. The van der Waals surface area contributed by atoms with Crippen LogP contribution in [0.5, 0.6) is 5.75 Å². The molecule has 0 aliphatic heterocycles. The van der Waals surface area contributed by atoms with Gasteiger partial charge in [-0.1, -0.05) is 6.07 Å². The van der Waals surface area contributed by atoms with E-state index in [0.29, 0.717) is 11.1 Å². The maximum atomic E-state index is 11.9. The first-order chi connectivity index (χ1) is 14.7. The summed E-state index contributed by atoms with van der Waals surface area (Å²) < 4.78 is 15.3. The van der Waals surface area contributed by atoms with Crippen molar-refractivity contribution in [3.8, 4) is 5.75 Å². The van der Waals surface area contributed by atoms with Crippen LogP contribution >= 0.6 is 0 Å². The normalized spacial score (nSPS) is 10.5. The van der Waals surface area contributed by atoms with Crippen LogP contribution in [0.25, 0.3) is 11.0 Å². The third kappa shape index (κ3) is 5.44. The average molecular weight is 426 g/mol. The van der Waals surface area contributed by atoms with Crippen LogP contribution < -0.4 is 15.7 Å². The number of nitro benzene ring substituents is 1. The number of hydrogen-bond donors (Lipinski definition) is 1. The Kier molecular flexibility index (Phi) is 6.29. The first-order valence-corrected chi connectivity index (χ1v) is 9.11. The fourth-order valence-electron chi connectivity index (χ4n) is 2.81. The van der Waals surface area contributed by atoms with Crippen LogP contribution in [0, 0.1) is 24.0 Å². The smallest absolute Gasteiger partial charge is 0.344 e. The van der Waals surface area contributed by atoms with E-state index in [1.165, 1.54) is 30.3 Å². The van der Waals surface area contributed by atoms with Crippen LogP contribution in [-0.4, -0.2) is 30.0 Å². The molecule has 0 radical (unpaired) electrons. The van der Waals surface area contributed by atoms with Crippen molar-refractivity contribution in [2.24, 2.45) is 0 Å². The molecule has 31 heavy (non-hydrogen) atoms.